The summed E-state index contributed by atoms with van der Waals surface area (Å²) in [6.07, 6.45) is 1.28. The third kappa shape index (κ3) is 4.17. The summed E-state index contributed by atoms with van der Waals surface area (Å²) in [5, 5.41) is 13.7. The molecule has 2 aromatic heterocycles. The SMILES string of the molecule is CCC(CC)(COc1cc(C)c2nc(C)nn2n1)CS(N)(=O)=O. The predicted octanol–water partition coefficient (Wildman–Crippen LogP) is 1.21. The van der Waals surface area contributed by atoms with Crippen molar-refractivity contribution >= 4 is 15.7 Å². The second kappa shape index (κ2) is 6.40. The van der Waals surface area contributed by atoms with Crippen LogP contribution in [0.4, 0.5) is 0 Å². The van der Waals surface area contributed by atoms with Gasteiger partial charge in [0.1, 0.15) is 5.82 Å². The van der Waals surface area contributed by atoms with Crippen LogP contribution in [0.15, 0.2) is 6.07 Å². The third-order valence-corrected chi connectivity index (χ3v) is 5.13. The summed E-state index contributed by atoms with van der Waals surface area (Å²) in [6.45, 7) is 7.78. The first kappa shape index (κ1) is 17.6. The molecule has 9 heteroatoms. The molecule has 0 amide bonds. The highest BCUT2D eigenvalue weighted by Gasteiger charge is 2.32. The van der Waals surface area contributed by atoms with E-state index >= 15 is 0 Å². The van der Waals surface area contributed by atoms with Gasteiger partial charge in [0.25, 0.3) is 0 Å². The normalized spacial score (nSPS) is 12.7. The van der Waals surface area contributed by atoms with Crippen molar-refractivity contribution in [2.75, 3.05) is 12.4 Å². The molecule has 0 spiro atoms. The maximum absolute atomic E-state index is 11.5. The molecular formula is C14H23N5O3S. The second-order valence-electron chi connectivity index (χ2n) is 5.94. The van der Waals surface area contributed by atoms with Crippen LogP contribution in [0.3, 0.4) is 0 Å². The Bertz CT molecular complexity index is 796. The van der Waals surface area contributed by atoms with Crippen LogP contribution < -0.4 is 9.88 Å². The summed E-state index contributed by atoms with van der Waals surface area (Å²) in [6, 6.07) is 1.77. The first-order valence-corrected chi connectivity index (χ1v) is 9.24. The Kier molecular flexibility index (Phi) is 4.90. The molecule has 0 bridgehead atoms. The van der Waals surface area contributed by atoms with Gasteiger partial charge in [-0.2, -0.15) is 0 Å². The molecule has 0 aliphatic carbocycles. The van der Waals surface area contributed by atoms with Crippen molar-refractivity contribution in [3.8, 4) is 5.88 Å². The van der Waals surface area contributed by atoms with Crippen molar-refractivity contribution in [2.24, 2.45) is 10.6 Å². The molecule has 0 radical (unpaired) electrons. The maximum atomic E-state index is 11.5. The molecule has 2 N–H and O–H groups in total. The van der Waals surface area contributed by atoms with Gasteiger partial charge in [-0.25, -0.2) is 18.5 Å². The van der Waals surface area contributed by atoms with Gasteiger partial charge in [0.15, 0.2) is 5.65 Å². The molecular weight excluding hydrogens is 318 g/mol. The summed E-state index contributed by atoms with van der Waals surface area (Å²) in [5.74, 6) is 0.903. The standard InChI is InChI=1S/C14H23N5O3S/c1-5-14(6-2,9-23(15,20)21)8-22-12-7-10(3)13-16-11(4)17-19(13)18-12/h7H,5-6,8-9H2,1-4H3,(H2,15,20,21). The molecule has 0 saturated carbocycles. The molecule has 0 unspecified atom stereocenters. The van der Waals surface area contributed by atoms with Crippen molar-refractivity contribution in [3.63, 3.8) is 0 Å². The average molecular weight is 341 g/mol. The number of hydrogen-bond donors (Lipinski definition) is 1. The predicted molar refractivity (Wildman–Crippen MR) is 86.7 cm³/mol. The summed E-state index contributed by atoms with van der Waals surface area (Å²) in [5.41, 5.74) is 1.04. The van der Waals surface area contributed by atoms with Gasteiger partial charge in [-0.15, -0.1) is 14.8 Å². The van der Waals surface area contributed by atoms with E-state index in [9.17, 15) is 8.42 Å². The van der Waals surface area contributed by atoms with E-state index in [0.29, 0.717) is 30.2 Å². The van der Waals surface area contributed by atoms with Gasteiger partial charge < -0.3 is 4.74 Å². The minimum absolute atomic E-state index is 0.114. The molecule has 2 aromatic rings. The van der Waals surface area contributed by atoms with Gasteiger partial charge in [-0.3, -0.25) is 0 Å². The van der Waals surface area contributed by atoms with Crippen LogP contribution in [0.2, 0.25) is 0 Å². The molecule has 0 aliphatic rings. The van der Waals surface area contributed by atoms with Crippen LogP contribution in [0.25, 0.3) is 5.65 Å². The highest BCUT2D eigenvalue weighted by Crippen LogP contribution is 2.29. The fourth-order valence-corrected chi connectivity index (χ4v) is 3.86. The van der Waals surface area contributed by atoms with Gasteiger partial charge in [0.2, 0.25) is 15.9 Å². The average Bonchev–Trinajstić information content (AvgIpc) is 2.83. The number of aryl methyl sites for hydroxylation is 2. The van der Waals surface area contributed by atoms with Gasteiger partial charge in [-0.1, -0.05) is 13.8 Å². The molecule has 0 aliphatic heterocycles. The van der Waals surface area contributed by atoms with Crippen molar-refractivity contribution < 1.29 is 13.2 Å². The molecule has 128 valence electrons. The van der Waals surface area contributed by atoms with Gasteiger partial charge in [-0.05, 0) is 26.7 Å². The summed E-state index contributed by atoms with van der Waals surface area (Å²) in [7, 11) is -3.58. The summed E-state index contributed by atoms with van der Waals surface area (Å²) >= 11 is 0. The Hall–Kier alpha value is -1.74. The number of primary sulfonamides is 1. The van der Waals surface area contributed by atoms with E-state index in [2.05, 4.69) is 15.2 Å². The van der Waals surface area contributed by atoms with Crippen LogP contribution in [0.5, 0.6) is 5.88 Å². The Morgan fingerprint density at radius 1 is 1.26 bits per heavy atom. The Labute approximate surface area is 136 Å². The molecule has 2 heterocycles. The first-order valence-electron chi connectivity index (χ1n) is 7.52. The number of fused-ring (bicyclic) bond motifs is 1. The highest BCUT2D eigenvalue weighted by molar-refractivity contribution is 7.89. The Morgan fingerprint density at radius 2 is 1.91 bits per heavy atom. The lowest BCUT2D eigenvalue weighted by atomic mass is 9.85. The monoisotopic (exact) mass is 341 g/mol. The number of hydrogen-bond acceptors (Lipinski definition) is 6. The van der Waals surface area contributed by atoms with E-state index in [1.807, 2.05) is 20.8 Å². The van der Waals surface area contributed by atoms with Crippen LogP contribution >= 0.6 is 0 Å². The molecule has 2 rings (SSSR count). The lowest BCUT2D eigenvalue weighted by molar-refractivity contribution is 0.148. The van der Waals surface area contributed by atoms with Crippen molar-refractivity contribution in [1.82, 2.24) is 19.8 Å². The van der Waals surface area contributed by atoms with E-state index in [-0.39, 0.29) is 12.4 Å². The summed E-state index contributed by atoms with van der Waals surface area (Å²) in [4.78, 5) is 4.28. The molecule has 0 atom stereocenters. The van der Waals surface area contributed by atoms with Crippen molar-refractivity contribution in [2.45, 2.75) is 40.5 Å². The lowest BCUT2D eigenvalue weighted by Crippen LogP contribution is -2.37. The van der Waals surface area contributed by atoms with Crippen LogP contribution in [0, 0.1) is 19.3 Å². The van der Waals surface area contributed by atoms with Gasteiger partial charge >= 0.3 is 0 Å². The smallest absolute Gasteiger partial charge is 0.233 e. The Morgan fingerprint density at radius 3 is 2.48 bits per heavy atom. The third-order valence-electron chi connectivity index (χ3n) is 4.12. The van der Waals surface area contributed by atoms with E-state index in [0.717, 1.165) is 5.56 Å². The number of nitrogens with two attached hydrogens (primary N) is 1. The van der Waals surface area contributed by atoms with E-state index in [1.54, 1.807) is 13.0 Å². The lowest BCUT2D eigenvalue weighted by Gasteiger charge is -2.30. The minimum atomic E-state index is -3.58. The molecule has 0 fully saturated rings. The van der Waals surface area contributed by atoms with Crippen LogP contribution in [0.1, 0.15) is 38.1 Å². The molecule has 8 nitrogen and oxygen atoms in total. The van der Waals surface area contributed by atoms with E-state index in [4.69, 9.17) is 9.88 Å². The highest BCUT2D eigenvalue weighted by atomic mass is 32.2. The number of sulfonamides is 1. The van der Waals surface area contributed by atoms with Crippen molar-refractivity contribution in [3.05, 3.63) is 17.5 Å². The van der Waals surface area contributed by atoms with Gasteiger partial charge in [0, 0.05) is 17.0 Å². The molecule has 23 heavy (non-hydrogen) atoms. The maximum Gasteiger partial charge on any atom is 0.233 e. The Balaban J connectivity index is 2.23. The number of rotatable bonds is 7. The zero-order valence-electron chi connectivity index (χ0n) is 13.9. The molecule has 0 saturated heterocycles. The fraction of sp³-hybridized carbons (Fsp3) is 0.643. The van der Waals surface area contributed by atoms with E-state index < -0.39 is 15.4 Å². The minimum Gasteiger partial charge on any atom is -0.476 e. The number of nitrogens with zero attached hydrogens (tertiary/aromatic N) is 4. The van der Waals surface area contributed by atoms with Crippen LogP contribution in [-0.2, 0) is 10.0 Å². The first-order chi connectivity index (χ1) is 10.7. The van der Waals surface area contributed by atoms with Crippen molar-refractivity contribution in [1.29, 1.82) is 0 Å². The van der Waals surface area contributed by atoms with Crippen LogP contribution in [-0.4, -0.2) is 40.6 Å². The van der Waals surface area contributed by atoms with E-state index in [1.165, 1.54) is 4.63 Å². The molecule has 0 aromatic carbocycles. The zero-order chi connectivity index (χ0) is 17.3. The number of ether oxygens (including phenoxy) is 1. The van der Waals surface area contributed by atoms with Gasteiger partial charge in [0.05, 0.1) is 12.4 Å². The topological polar surface area (TPSA) is 112 Å². The fourth-order valence-electron chi connectivity index (χ4n) is 2.52. The second-order valence-corrected chi connectivity index (χ2v) is 7.56. The summed E-state index contributed by atoms with van der Waals surface area (Å²) < 4.78 is 30.2. The largest absolute Gasteiger partial charge is 0.476 e. The number of aromatic nitrogens is 4. The quantitative estimate of drug-likeness (QED) is 0.810. The zero-order valence-corrected chi connectivity index (χ0v) is 14.7.